The van der Waals surface area contributed by atoms with Crippen LogP contribution in [0.15, 0.2) is 217 Å². The standard InChI is InChI=1S/C54H35NO/c1-3-14-36(15-4-1)51-35-52-49-25-13-24-44(53(49)56-54(52)48-23-12-11-22-47(48)51)37-26-30-41(31-27-37)55(40-17-5-2-6-18-40)42-32-28-38(29-33-42)50-34-39-16-7-8-19-43(39)45-20-9-10-21-46(45)50/h1-35H. The van der Waals surface area contributed by atoms with Crippen molar-refractivity contribution in [1.29, 1.82) is 0 Å². The topological polar surface area (TPSA) is 16.4 Å². The van der Waals surface area contributed by atoms with Crippen LogP contribution in [-0.2, 0) is 0 Å². The zero-order chi connectivity index (χ0) is 37.0. The molecule has 1 aromatic heterocycles. The maximum absolute atomic E-state index is 6.85. The molecular weight excluding hydrogens is 679 g/mol. The van der Waals surface area contributed by atoms with Gasteiger partial charge < -0.3 is 9.32 Å². The van der Waals surface area contributed by atoms with Gasteiger partial charge in [0.1, 0.15) is 11.2 Å². The zero-order valence-corrected chi connectivity index (χ0v) is 30.6. The molecule has 10 aromatic carbocycles. The number of hydrogen-bond donors (Lipinski definition) is 0. The monoisotopic (exact) mass is 713 g/mol. The first kappa shape index (κ1) is 32.0. The maximum atomic E-state index is 6.85. The summed E-state index contributed by atoms with van der Waals surface area (Å²) in [6.45, 7) is 0. The van der Waals surface area contributed by atoms with Crippen LogP contribution in [0.4, 0.5) is 17.1 Å². The SMILES string of the molecule is c1ccc(-c2cc3c4cccc(-c5ccc(N(c6ccccc6)c6ccc(-c7cc8ccccc8c8ccccc78)cc6)cc5)c4oc3c3ccccc23)cc1. The number of benzene rings is 10. The van der Waals surface area contributed by atoms with Crippen molar-refractivity contribution in [2.75, 3.05) is 4.90 Å². The van der Waals surface area contributed by atoms with E-state index in [1.807, 2.05) is 0 Å². The summed E-state index contributed by atoms with van der Waals surface area (Å²) in [7, 11) is 0. The van der Waals surface area contributed by atoms with Crippen LogP contribution in [-0.4, -0.2) is 0 Å². The summed E-state index contributed by atoms with van der Waals surface area (Å²) in [5, 5.41) is 9.64. The summed E-state index contributed by atoms with van der Waals surface area (Å²) in [4.78, 5) is 2.32. The second-order valence-electron chi connectivity index (χ2n) is 14.5. The smallest absolute Gasteiger partial charge is 0.143 e. The third kappa shape index (κ3) is 5.26. The van der Waals surface area contributed by atoms with Gasteiger partial charge in [0.15, 0.2) is 0 Å². The predicted octanol–water partition coefficient (Wildman–Crippen LogP) is 15.5. The van der Waals surface area contributed by atoms with E-state index in [0.29, 0.717) is 0 Å². The van der Waals surface area contributed by atoms with Crippen LogP contribution in [0, 0.1) is 0 Å². The molecule has 0 unspecified atom stereocenters. The van der Waals surface area contributed by atoms with Crippen LogP contribution in [0.3, 0.4) is 0 Å². The minimum atomic E-state index is 0.905. The number of hydrogen-bond acceptors (Lipinski definition) is 2. The number of nitrogens with zero attached hydrogens (tertiary/aromatic N) is 1. The van der Waals surface area contributed by atoms with Crippen LogP contribution in [0.1, 0.15) is 0 Å². The minimum Gasteiger partial charge on any atom is -0.455 e. The molecule has 0 saturated heterocycles. The van der Waals surface area contributed by atoms with Gasteiger partial charge in [-0.3, -0.25) is 0 Å². The Morgan fingerprint density at radius 3 is 1.43 bits per heavy atom. The number of furan rings is 1. The Morgan fingerprint density at radius 1 is 0.268 bits per heavy atom. The van der Waals surface area contributed by atoms with E-state index in [4.69, 9.17) is 4.42 Å². The Hall–Kier alpha value is -7.42. The van der Waals surface area contributed by atoms with Gasteiger partial charge >= 0.3 is 0 Å². The molecule has 1 heterocycles. The molecule has 0 fully saturated rings. The summed E-state index contributed by atoms with van der Waals surface area (Å²) < 4.78 is 6.85. The number of anilines is 3. The fraction of sp³-hybridized carbons (Fsp3) is 0. The normalized spacial score (nSPS) is 11.6. The molecule has 0 bridgehead atoms. The van der Waals surface area contributed by atoms with Gasteiger partial charge in [0.25, 0.3) is 0 Å². The molecule has 0 aliphatic carbocycles. The second kappa shape index (κ2) is 13.2. The lowest BCUT2D eigenvalue weighted by atomic mass is 9.93. The Morgan fingerprint density at radius 2 is 0.732 bits per heavy atom. The van der Waals surface area contributed by atoms with Crippen molar-refractivity contribution in [3.8, 4) is 33.4 Å². The van der Waals surface area contributed by atoms with Gasteiger partial charge in [-0.15, -0.1) is 0 Å². The molecule has 11 rings (SSSR count). The maximum Gasteiger partial charge on any atom is 0.143 e. The molecule has 0 aliphatic rings. The van der Waals surface area contributed by atoms with Crippen LogP contribution in [0.2, 0.25) is 0 Å². The van der Waals surface area contributed by atoms with Gasteiger partial charge in [-0.05, 0) is 103 Å². The summed E-state index contributed by atoms with van der Waals surface area (Å²) in [5.41, 5.74) is 12.1. The third-order valence-electron chi connectivity index (χ3n) is 11.2. The van der Waals surface area contributed by atoms with Gasteiger partial charge in [0.05, 0.1) is 0 Å². The Labute approximate surface area is 325 Å². The molecule has 0 spiro atoms. The summed E-state index contributed by atoms with van der Waals surface area (Å²) in [5.74, 6) is 0. The van der Waals surface area contributed by atoms with Crippen molar-refractivity contribution in [2.24, 2.45) is 0 Å². The van der Waals surface area contributed by atoms with Gasteiger partial charge in [-0.1, -0.05) is 164 Å². The highest BCUT2D eigenvalue weighted by atomic mass is 16.3. The quantitative estimate of drug-likeness (QED) is 0.160. The molecule has 0 radical (unpaired) electrons. The highest BCUT2D eigenvalue weighted by Crippen LogP contribution is 2.44. The van der Waals surface area contributed by atoms with Crippen molar-refractivity contribution < 1.29 is 4.42 Å². The van der Waals surface area contributed by atoms with E-state index in [1.54, 1.807) is 0 Å². The molecular formula is C54H35NO. The Balaban J connectivity index is 0.996. The van der Waals surface area contributed by atoms with Crippen LogP contribution in [0.25, 0.3) is 87.6 Å². The van der Waals surface area contributed by atoms with Crippen molar-refractivity contribution in [3.05, 3.63) is 212 Å². The minimum absolute atomic E-state index is 0.905. The molecule has 0 amide bonds. The third-order valence-corrected chi connectivity index (χ3v) is 11.2. The lowest BCUT2D eigenvalue weighted by molar-refractivity contribution is 0.674. The first-order valence-electron chi connectivity index (χ1n) is 19.2. The van der Waals surface area contributed by atoms with E-state index >= 15 is 0 Å². The molecule has 2 nitrogen and oxygen atoms in total. The van der Waals surface area contributed by atoms with Gasteiger partial charge in [0, 0.05) is 38.8 Å². The molecule has 0 aliphatic heterocycles. The summed E-state index contributed by atoms with van der Waals surface area (Å²) in [6.07, 6.45) is 0. The molecule has 0 N–H and O–H groups in total. The summed E-state index contributed by atoms with van der Waals surface area (Å²) in [6, 6.07) is 76.2. The molecule has 0 saturated carbocycles. The van der Waals surface area contributed by atoms with Crippen molar-refractivity contribution in [2.45, 2.75) is 0 Å². The van der Waals surface area contributed by atoms with Crippen LogP contribution in [0.5, 0.6) is 0 Å². The predicted molar refractivity (Wildman–Crippen MR) is 237 cm³/mol. The van der Waals surface area contributed by atoms with E-state index in [1.165, 1.54) is 49.2 Å². The molecule has 2 heteroatoms. The highest BCUT2D eigenvalue weighted by Gasteiger charge is 2.19. The summed E-state index contributed by atoms with van der Waals surface area (Å²) >= 11 is 0. The second-order valence-corrected chi connectivity index (χ2v) is 14.5. The van der Waals surface area contributed by atoms with Crippen molar-refractivity contribution in [1.82, 2.24) is 0 Å². The van der Waals surface area contributed by atoms with Crippen molar-refractivity contribution in [3.63, 3.8) is 0 Å². The molecule has 11 aromatic rings. The lowest BCUT2D eigenvalue weighted by Crippen LogP contribution is -2.09. The van der Waals surface area contributed by atoms with Crippen molar-refractivity contribution >= 4 is 71.3 Å². The average molecular weight is 714 g/mol. The largest absolute Gasteiger partial charge is 0.455 e. The van der Waals surface area contributed by atoms with Crippen LogP contribution >= 0.6 is 0 Å². The number of rotatable bonds is 6. The fourth-order valence-electron chi connectivity index (χ4n) is 8.60. The van der Waals surface area contributed by atoms with E-state index in [-0.39, 0.29) is 0 Å². The Kier molecular flexibility index (Phi) is 7.53. The van der Waals surface area contributed by atoms with Gasteiger partial charge in [-0.25, -0.2) is 0 Å². The highest BCUT2D eigenvalue weighted by molar-refractivity contribution is 6.21. The first-order valence-corrected chi connectivity index (χ1v) is 19.2. The van der Waals surface area contributed by atoms with E-state index in [9.17, 15) is 0 Å². The molecule has 0 atom stereocenters. The van der Waals surface area contributed by atoms with E-state index < -0.39 is 0 Å². The molecule has 56 heavy (non-hydrogen) atoms. The average Bonchev–Trinajstić information content (AvgIpc) is 3.66. The number of fused-ring (bicyclic) bond motifs is 8. The molecule has 262 valence electrons. The van der Waals surface area contributed by atoms with E-state index in [0.717, 1.165) is 55.5 Å². The zero-order valence-electron chi connectivity index (χ0n) is 30.6. The fourth-order valence-corrected chi connectivity index (χ4v) is 8.60. The van der Waals surface area contributed by atoms with Gasteiger partial charge in [-0.2, -0.15) is 0 Å². The van der Waals surface area contributed by atoms with E-state index in [2.05, 4.69) is 217 Å². The van der Waals surface area contributed by atoms with Gasteiger partial charge in [0.2, 0.25) is 0 Å². The first-order chi connectivity index (χ1) is 27.8. The Bertz CT molecular complexity index is 3220. The number of para-hydroxylation sites is 2. The van der Waals surface area contributed by atoms with Crippen LogP contribution < -0.4 is 4.90 Å². The lowest BCUT2D eigenvalue weighted by Gasteiger charge is -2.26.